The second-order valence-corrected chi connectivity index (χ2v) is 4.88. The van der Waals surface area contributed by atoms with Crippen molar-refractivity contribution in [3.05, 3.63) is 53.8 Å². The van der Waals surface area contributed by atoms with Gasteiger partial charge >= 0.3 is 0 Å². The number of hydrogen-bond donors (Lipinski definition) is 2. The van der Waals surface area contributed by atoms with E-state index in [1.807, 2.05) is 13.8 Å². The van der Waals surface area contributed by atoms with E-state index < -0.39 is 5.82 Å². The fourth-order valence-electron chi connectivity index (χ4n) is 1.82. The van der Waals surface area contributed by atoms with Crippen molar-refractivity contribution in [2.45, 2.75) is 20.0 Å². The van der Waals surface area contributed by atoms with E-state index in [0.717, 1.165) is 6.07 Å². The fourth-order valence-corrected chi connectivity index (χ4v) is 1.82. The SMILES string of the molecule is CC(C)Oc1cccc(C(=O)Nc2ccc(F)cc2N)c1. The van der Waals surface area contributed by atoms with Crippen molar-refractivity contribution >= 4 is 17.3 Å². The molecule has 4 nitrogen and oxygen atoms in total. The second kappa shape index (κ2) is 6.26. The molecule has 0 aromatic heterocycles. The highest BCUT2D eigenvalue weighted by Crippen LogP contribution is 2.21. The van der Waals surface area contributed by atoms with Gasteiger partial charge in [-0.25, -0.2) is 4.39 Å². The molecule has 0 bridgehead atoms. The number of carbonyl (C=O) groups is 1. The maximum Gasteiger partial charge on any atom is 0.255 e. The number of rotatable bonds is 4. The quantitative estimate of drug-likeness (QED) is 0.847. The van der Waals surface area contributed by atoms with Crippen LogP contribution in [0.25, 0.3) is 0 Å². The molecule has 110 valence electrons. The van der Waals surface area contributed by atoms with Crippen LogP contribution >= 0.6 is 0 Å². The zero-order chi connectivity index (χ0) is 15.4. The molecule has 0 unspecified atom stereocenters. The first-order valence-electron chi connectivity index (χ1n) is 6.59. The van der Waals surface area contributed by atoms with Crippen molar-refractivity contribution in [3.63, 3.8) is 0 Å². The smallest absolute Gasteiger partial charge is 0.255 e. The first-order chi connectivity index (χ1) is 9.95. The maximum atomic E-state index is 13.0. The lowest BCUT2D eigenvalue weighted by Gasteiger charge is -2.11. The molecule has 0 atom stereocenters. The number of nitrogens with two attached hydrogens (primary N) is 1. The number of nitrogen functional groups attached to an aromatic ring is 1. The Balaban J connectivity index is 2.16. The molecule has 5 heteroatoms. The number of ether oxygens (including phenoxy) is 1. The summed E-state index contributed by atoms with van der Waals surface area (Å²) in [6, 6.07) is 10.7. The van der Waals surface area contributed by atoms with Gasteiger partial charge in [0.15, 0.2) is 0 Å². The third-order valence-electron chi connectivity index (χ3n) is 2.73. The van der Waals surface area contributed by atoms with Crippen LogP contribution in [0.4, 0.5) is 15.8 Å². The van der Waals surface area contributed by atoms with Crippen molar-refractivity contribution in [1.29, 1.82) is 0 Å². The third kappa shape index (κ3) is 3.95. The molecule has 0 fully saturated rings. The molecule has 0 aliphatic rings. The summed E-state index contributed by atoms with van der Waals surface area (Å²) in [7, 11) is 0. The Morgan fingerprint density at radius 1 is 1.24 bits per heavy atom. The van der Waals surface area contributed by atoms with Crippen LogP contribution in [-0.4, -0.2) is 12.0 Å². The van der Waals surface area contributed by atoms with Gasteiger partial charge in [0, 0.05) is 5.56 Å². The van der Waals surface area contributed by atoms with Crippen LogP contribution in [0.1, 0.15) is 24.2 Å². The molecule has 2 aromatic carbocycles. The second-order valence-electron chi connectivity index (χ2n) is 4.88. The largest absolute Gasteiger partial charge is 0.491 e. The van der Waals surface area contributed by atoms with Gasteiger partial charge in [-0.15, -0.1) is 0 Å². The van der Waals surface area contributed by atoms with Crippen LogP contribution in [0, 0.1) is 5.82 Å². The Morgan fingerprint density at radius 3 is 2.67 bits per heavy atom. The lowest BCUT2D eigenvalue weighted by molar-refractivity contribution is 0.102. The number of benzene rings is 2. The summed E-state index contributed by atoms with van der Waals surface area (Å²) in [4.78, 5) is 12.2. The molecule has 0 heterocycles. The van der Waals surface area contributed by atoms with Crippen molar-refractivity contribution < 1.29 is 13.9 Å². The molecule has 0 saturated heterocycles. The highest BCUT2D eigenvalue weighted by molar-refractivity contribution is 6.05. The molecule has 0 spiro atoms. The zero-order valence-corrected chi connectivity index (χ0v) is 11.9. The van der Waals surface area contributed by atoms with Crippen molar-refractivity contribution in [2.24, 2.45) is 0 Å². The minimum atomic E-state index is -0.446. The van der Waals surface area contributed by atoms with Gasteiger partial charge in [-0.1, -0.05) is 6.07 Å². The van der Waals surface area contributed by atoms with Crippen LogP contribution in [0.3, 0.4) is 0 Å². The van der Waals surface area contributed by atoms with E-state index in [0.29, 0.717) is 17.0 Å². The van der Waals surface area contributed by atoms with Crippen LogP contribution in [0.2, 0.25) is 0 Å². The molecule has 0 saturated carbocycles. The fraction of sp³-hybridized carbons (Fsp3) is 0.188. The van der Waals surface area contributed by atoms with Crippen LogP contribution in [-0.2, 0) is 0 Å². The van der Waals surface area contributed by atoms with Crippen molar-refractivity contribution in [2.75, 3.05) is 11.1 Å². The Labute approximate surface area is 122 Å². The minimum Gasteiger partial charge on any atom is -0.491 e. The standard InChI is InChI=1S/C16H17FN2O2/c1-10(2)21-13-5-3-4-11(8-13)16(20)19-15-7-6-12(17)9-14(15)18/h3-10H,18H2,1-2H3,(H,19,20). The van der Waals surface area contributed by atoms with Crippen molar-refractivity contribution in [3.8, 4) is 5.75 Å². The Hall–Kier alpha value is -2.56. The van der Waals surface area contributed by atoms with Gasteiger partial charge in [0.1, 0.15) is 11.6 Å². The van der Waals surface area contributed by atoms with Crippen LogP contribution in [0.5, 0.6) is 5.75 Å². The number of halogens is 1. The first kappa shape index (κ1) is 14.8. The Morgan fingerprint density at radius 2 is 2.00 bits per heavy atom. The van der Waals surface area contributed by atoms with Gasteiger partial charge in [-0.05, 0) is 50.2 Å². The van der Waals surface area contributed by atoms with Gasteiger partial charge in [0.25, 0.3) is 5.91 Å². The lowest BCUT2D eigenvalue weighted by atomic mass is 10.2. The molecule has 1 amide bonds. The summed E-state index contributed by atoms with van der Waals surface area (Å²) in [6.45, 7) is 3.82. The van der Waals surface area contributed by atoms with Gasteiger partial charge in [0.05, 0.1) is 17.5 Å². The zero-order valence-electron chi connectivity index (χ0n) is 11.9. The lowest BCUT2D eigenvalue weighted by Crippen LogP contribution is -2.14. The average Bonchev–Trinajstić information content (AvgIpc) is 2.41. The molecular formula is C16H17FN2O2. The molecule has 3 N–H and O–H groups in total. The maximum absolute atomic E-state index is 13.0. The van der Waals surface area contributed by atoms with Gasteiger partial charge in [0.2, 0.25) is 0 Å². The van der Waals surface area contributed by atoms with E-state index in [9.17, 15) is 9.18 Å². The summed E-state index contributed by atoms with van der Waals surface area (Å²) >= 11 is 0. The number of amides is 1. The van der Waals surface area contributed by atoms with Crippen LogP contribution in [0.15, 0.2) is 42.5 Å². The topological polar surface area (TPSA) is 64.3 Å². The number of anilines is 2. The van der Waals surface area contributed by atoms with Crippen LogP contribution < -0.4 is 15.8 Å². The molecule has 2 aromatic rings. The number of nitrogens with one attached hydrogen (secondary N) is 1. The highest BCUT2D eigenvalue weighted by atomic mass is 19.1. The Bertz CT molecular complexity index is 656. The molecule has 21 heavy (non-hydrogen) atoms. The Kier molecular flexibility index (Phi) is 4.42. The summed E-state index contributed by atoms with van der Waals surface area (Å²) in [6.07, 6.45) is 0.0241. The summed E-state index contributed by atoms with van der Waals surface area (Å²) in [5.74, 6) is -0.162. The molecule has 0 aliphatic carbocycles. The molecule has 0 radical (unpaired) electrons. The monoisotopic (exact) mass is 288 g/mol. The summed E-state index contributed by atoms with van der Waals surface area (Å²) in [5, 5.41) is 2.65. The van der Waals surface area contributed by atoms with Gasteiger partial charge < -0.3 is 15.8 Å². The van der Waals surface area contributed by atoms with E-state index in [2.05, 4.69) is 5.32 Å². The van der Waals surface area contributed by atoms with E-state index >= 15 is 0 Å². The summed E-state index contributed by atoms with van der Waals surface area (Å²) < 4.78 is 18.5. The molecular weight excluding hydrogens is 271 g/mol. The van der Waals surface area contributed by atoms with E-state index in [4.69, 9.17) is 10.5 Å². The minimum absolute atomic E-state index is 0.0241. The predicted molar refractivity (Wildman–Crippen MR) is 81.0 cm³/mol. The number of hydrogen-bond acceptors (Lipinski definition) is 3. The van der Waals surface area contributed by atoms with Gasteiger partial charge in [-0.2, -0.15) is 0 Å². The third-order valence-corrected chi connectivity index (χ3v) is 2.73. The normalized spacial score (nSPS) is 10.5. The van der Waals surface area contributed by atoms with E-state index in [1.165, 1.54) is 12.1 Å². The average molecular weight is 288 g/mol. The highest BCUT2D eigenvalue weighted by Gasteiger charge is 2.10. The molecule has 0 aliphatic heterocycles. The summed E-state index contributed by atoms with van der Waals surface area (Å²) in [5.41, 5.74) is 6.66. The van der Waals surface area contributed by atoms with Gasteiger partial charge in [-0.3, -0.25) is 4.79 Å². The van der Waals surface area contributed by atoms with E-state index in [1.54, 1.807) is 24.3 Å². The molecule has 2 rings (SSSR count). The van der Waals surface area contributed by atoms with Crippen molar-refractivity contribution in [1.82, 2.24) is 0 Å². The number of carbonyl (C=O) groups excluding carboxylic acids is 1. The predicted octanol–water partition coefficient (Wildman–Crippen LogP) is 3.45. The van der Waals surface area contributed by atoms with E-state index in [-0.39, 0.29) is 17.7 Å². The first-order valence-corrected chi connectivity index (χ1v) is 6.59.